The third-order valence-electron chi connectivity index (χ3n) is 3.13. The van der Waals surface area contributed by atoms with E-state index in [0.29, 0.717) is 0 Å². The van der Waals surface area contributed by atoms with Crippen molar-refractivity contribution in [2.75, 3.05) is 0 Å². The molecule has 2 rings (SSSR count). The van der Waals surface area contributed by atoms with Crippen molar-refractivity contribution in [1.82, 2.24) is 0 Å². The summed E-state index contributed by atoms with van der Waals surface area (Å²) in [4.78, 5) is 1.02. The zero-order chi connectivity index (χ0) is 12.8. The molecule has 0 N–H and O–H groups in total. The summed E-state index contributed by atoms with van der Waals surface area (Å²) in [5.41, 5.74) is 3.83. The fraction of sp³-hybridized carbons (Fsp3) is 0.294. The molecule has 0 fully saturated rings. The zero-order valence-electron chi connectivity index (χ0n) is 10.8. The summed E-state index contributed by atoms with van der Waals surface area (Å²) in [5.74, 6) is 2.75. The van der Waals surface area contributed by atoms with Crippen LogP contribution in [0, 0.1) is 12.3 Å². The number of hydrogen-bond acceptors (Lipinski definition) is 1. The summed E-state index contributed by atoms with van der Waals surface area (Å²) in [6, 6.07) is 10.9. The number of rotatable bonds is 5. The third kappa shape index (κ3) is 3.03. The van der Waals surface area contributed by atoms with Gasteiger partial charge >= 0.3 is 0 Å². The third-order valence-corrected chi connectivity index (χ3v) is 3.98. The van der Waals surface area contributed by atoms with Crippen LogP contribution in [0.15, 0.2) is 35.7 Å². The van der Waals surface area contributed by atoms with Gasteiger partial charge in [0.1, 0.15) is 0 Å². The van der Waals surface area contributed by atoms with Gasteiger partial charge in [0.15, 0.2) is 0 Å². The molecule has 1 aromatic carbocycles. The Morgan fingerprint density at radius 2 is 1.89 bits per heavy atom. The van der Waals surface area contributed by atoms with Gasteiger partial charge in [-0.05, 0) is 35.4 Å². The SMILES string of the molecule is C#Cc1sccc1-c1ccc(CCCCC)cc1. The Kier molecular flexibility index (Phi) is 4.61. The Morgan fingerprint density at radius 1 is 1.11 bits per heavy atom. The van der Waals surface area contributed by atoms with Crippen LogP contribution in [0.2, 0.25) is 0 Å². The van der Waals surface area contributed by atoms with Crippen molar-refractivity contribution in [2.45, 2.75) is 32.6 Å². The van der Waals surface area contributed by atoms with Crippen molar-refractivity contribution in [2.24, 2.45) is 0 Å². The molecule has 1 heteroatoms. The van der Waals surface area contributed by atoms with E-state index in [2.05, 4.69) is 48.6 Å². The molecule has 0 aliphatic heterocycles. The van der Waals surface area contributed by atoms with E-state index in [0.717, 1.165) is 4.88 Å². The van der Waals surface area contributed by atoms with Crippen LogP contribution in [-0.2, 0) is 6.42 Å². The molecule has 0 saturated heterocycles. The summed E-state index contributed by atoms with van der Waals surface area (Å²) >= 11 is 1.63. The molecule has 0 unspecified atom stereocenters. The minimum atomic E-state index is 1.02. The number of aryl methyl sites for hydroxylation is 1. The van der Waals surface area contributed by atoms with Gasteiger partial charge in [-0.25, -0.2) is 0 Å². The van der Waals surface area contributed by atoms with Crippen LogP contribution in [0.4, 0.5) is 0 Å². The average molecular weight is 254 g/mol. The predicted molar refractivity (Wildman–Crippen MR) is 80.9 cm³/mol. The molecule has 0 saturated carbocycles. The van der Waals surface area contributed by atoms with Crippen LogP contribution >= 0.6 is 11.3 Å². The monoisotopic (exact) mass is 254 g/mol. The topological polar surface area (TPSA) is 0 Å². The first-order chi connectivity index (χ1) is 8.85. The van der Waals surface area contributed by atoms with Crippen molar-refractivity contribution in [1.29, 1.82) is 0 Å². The fourth-order valence-electron chi connectivity index (χ4n) is 2.08. The summed E-state index contributed by atoms with van der Waals surface area (Å²) in [6.45, 7) is 2.24. The van der Waals surface area contributed by atoms with Gasteiger partial charge in [-0.1, -0.05) is 50.0 Å². The normalized spacial score (nSPS) is 10.2. The molecule has 0 aliphatic rings. The molecule has 0 nitrogen and oxygen atoms in total. The second kappa shape index (κ2) is 6.42. The van der Waals surface area contributed by atoms with Crippen LogP contribution in [0.5, 0.6) is 0 Å². The summed E-state index contributed by atoms with van der Waals surface area (Å²) < 4.78 is 0. The van der Waals surface area contributed by atoms with E-state index >= 15 is 0 Å². The Hall–Kier alpha value is -1.52. The molecule has 0 spiro atoms. The van der Waals surface area contributed by atoms with E-state index in [1.807, 2.05) is 0 Å². The van der Waals surface area contributed by atoms with Gasteiger partial charge in [-0.2, -0.15) is 0 Å². The molecule has 0 radical (unpaired) electrons. The van der Waals surface area contributed by atoms with Crippen molar-refractivity contribution < 1.29 is 0 Å². The molecule has 0 aliphatic carbocycles. The standard InChI is InChI=1S/C17H18S/c1-3-5-6-7-14-8-10-15(11-9-14)16-12-13-18-17(16)4-2/h2,8-13H,3,5-7H2,1H3. The summed E-state index contributed by atoms with van der Waals surface area (Å²) in [7, 11) is 0. The minimum Gasteiger partial charge on any atom is -0.135 e. The highest BCUT2D eigenvalue weighted by Crippen LogP contribution is 2.27. The van der Waals surface area contributed by atoms with Crippen molar-refractivity contribution in [3.8, 4) is 23.5 Å². The van der Waals surface area contributed by atoms with Crippen molar-refractivity contribution >= 4 is 11.3 Å². The molecular weight excluding hydrogens is 236 g/mol. The minimum absolute atomic E-state index is 1.02. The number of benzene rings is 1. The van der Waals surface area contributed by atoms with Crippen LogP contribution < -0.4 is 0 Å². The van der Waals surface area contributed by atoms with Crippen LogP contribution in [0.3, 0.4) is 0 Å². The first kappa shape index (κ1) is 12.9. The van der Waals surface area contributed by atoms with Crippen LogP contribution in [0.1, 0.15) is 36.6 Å². The lowest BCUT2D eigenvalue weighted by Gasteiger charge is -2.03. The van der Waals surface area contributed by atoms with E-state index < -0.39 is 0 Å². The predicted octanol–water partition coefficient (Wildman–Crippen LogP) is 5.13. The zero-order valence-corrected chi connectivity index (χ0v) is 11.6. The Balaban J connectivity index is 2.11. The molecule has 0 amide bonds. The molecular formula is C17H18S. The Bertz CT molecular complexity index is 525. The second-order valence-electron chi connectivity index (χ2n) is 4.46. The number of thiophene rings is 1. The van der Waals surface area contributed by atoms with Gasteiger partial charge in [-0.3, -0.25) is 0 Å². The van der Waals surface area contributed by atoms with E-state index in [1.165, 1.54) is 42.4 Å². The fourth-order valence-corrected chi connectivity index (χ4v) is 2.80. The number of unbranched alkanes of at least 4 members (excludes halogenated alkanes) is 2. The Morgan fingerprint density at radius 3 is 2.56 bits per heavy atom. The molecule has 0 bridgehead atoms. The second-order valence-corrected chi connectivity index (χ2v) is 5.38. The van der Waals surface area contributed by atoms with Crippen LogP contribution in [0.25, 0.3) is 11.1 Å². The van der Waals surface area contributed by atoms with Gasteiger partial charge in [0.25, 0.3) is 0 Å². The summed E-state index contributed by atoms with van der Waals surface area (Å²) in [5, 5.41) is 2.06. The number of terminal acetylenes is 1. The lowest BCUT2D eigenvalue weighted by atomic mass is 10.0. The van der Waals surface area contributed by atoms with Gasteiger partial charge in [0.2, 0.25) is 0 Å². The molecule has 1 aromatic heterocycles. The average Bonchev–Trinajstić information content (AvgIpc) is 2.88. The van der Waals surface area contributed by atoms with Crippen molar-refractivity contribution in [3.63, 3.8) is 0 Å². The van der Waals surface area contributed by atoms with E-state index in [9.17, 15) is 0 Å². The molecule has 92 valence electrons. The molecule has 0 atom stereocenters. The highest BCUT2D eigenvalue weighted by molar-refractivity contribution is 7.11. The first-order valence-electron chi connectivity index (χ1n) is 6.48. The van der Waals surface area contributed by atoms with Gasteiger partial charge < -0.3 is 0 Å². The number of hydrogen-bond donors (Lipinski definition) is 0. The largest absolute Gasteiger partial charge is 0.135 e. The van der Waals surface area contributed by atoms with E-state index in [4.69, 9.17) is 6.42 Å². The first-order valence-corrected chi connectivity index (χ1v) is 7.36. The molecule has 1 heterocycles. The maximum Gasteiger partial charge on any atom is 0.0843 e. The molecule has 18 heavy (non-hydrogen) atoms. The van der Waals surface area contributed by atoms with E-state index in [1.54, 1.807) is 11.3 Å². The lowest BCUT2D eigenvalue weighted by molar-refractivity contribution is 0.717. The van der Waals surface area contributed by atoms with Gasteiger partial charge in [0.05, 0.1) is 4.88 Å². The van der Waals surface area contributed by atoms with Crippen molar-refractivity contribution in [3.05, 3.63) is 46.2 Å². The maximum absolute atomic E-state index is 5.50. The molecule has 2 aromatic rings. The maximum atomic E-state index is 5.50. The summed E-state index contributed by atoms with van der Waals surface area (Å²) in [6.07, 6.45) is 10.6. The van der Waals surface area contributed by atoms with Crippen LogP contribution in [-0.4, -0.2) is 0 Å². The highest BCUT2D eigenvalue weighted by Gasteiger charge is 2.04. The van der Waals surface area contributed by atoms with E-state index in [-0.39, 0.29) is 0 Å². The Labute approximate surface area is 114 Å². The van der Waals surface area contributed by atoms with Gasteiger partial charge in [-0.15, -0.1) is 17.8 Å². The lowest BCUT2D eigenvalue weighted by Crippen LogP contribution is -1.86. The quantitative estimate of drug-likeness (QED) is 0.512. The highest BCUT2D eigenvalue weighted by atomic mass is 32.1. The van der Waals surface area contributed by atoms with Gasteiger partial charge in [0, 0.05) is 5.56 Å². The smallest absolute Gasteiger partial charge is 0.0843 e.